The van der Waals surface area contributed by atoms with E-state index in [9.17, 15) is 4.79 Å². The molecule has 0 N–H and O–H groups in total. The predicted molar refractivity (Wildman–Crippen MR) is 76.3 cm³/mol. The van der Waals surface area contributed by atoms with E-state index in [1.165, 1.54) is 27.4 Å². The number of carbonyl (C=O) groups excluding carboxylic acids is 1. The van der Waals surface area contributed by atoms with Gasteiger partial charge in [0.25, 0.3) is 0 Å². The van der Waals surface area contributed by atoms with E-state index in [-0.39, 0.29) is 12.2 Å². The molecule has 0 saturated carbocycles. The molecule has 0 fully saturated rings. The van der Waals surface area contributed by atoms with Gasteiger partial charge in [0.1, 0.15) is 17.4 Å². The fourth-order valence-corrected chi connectivity index (χ4v) is 1.67. The van der Waals surface area contributed by atoms with Crippen molar-refractivity contribution in [1.82, 2.24) is 0 Å². The zero-order valence-electron chi connectivity index (χ0n) is 12.4. The van der Waals surface area contributed by atoms with Gasteiger partial charge in [-0.05, 0) is 19.1 Å². The Kier molecular flexibility index (Phi) is 6.08. The molecule has 6 heteroatoms. The maximum Gasteiger partial charge on any atom is 0.348 e. The molecule has 0 aliphatic carbocycles. The van der Waals surface area contributed by atoms with Crippen molar-refractivity contribution in [2.24, 2.45) is 0 Å². The second-order valence-electron chi connectivity index (χ2n) is 3.84. The molecule has 1 rings (SSSR count). The number of carbonyl (C=O) groups is 1. The Morgan fingerprint density at radius 2 is 1.71 bits per heavy atom. The number of hydrogen-bond acceptors (Lipinski definition) is 6. The first-order valence-electron chi connectivity index (χ1n) is 6.20. The van der Waals surface area contributed by atoms with Crippen LogP contribution in [0.1, 0.15) is 12.5 Å². The third-order valence-electron chi connectivity index (χ3n) is 2.65. The highest BCUT2D eigenvalue weighted by Crippen LogP contribution is 2.35. The summed E-state index contributed by atoms with van der Waals surface area (Å²) >= 11 is 0. The van der Waals surface area contributed by atoms with Gasteiger partial charge in [-0.25, -0.2) is 4.79 Å². The summed E-state index contributed by atoms with van der Waals surface area (Å²) in [6.45, 7) is 1.87. The Labute approximate surface area is 123 Å². The normalized spacial score (nSPS) is 10.5. The first kappa shape index (κ1) is 16.4. The predicted octanol–water partition coefficient (Wildman–Crippen LogP) is 2.18. The lowest BCUT2D eigenvalue weighted by Crippen LogP contribution is -2.06. The lowest BCUT2D eigenvalue weighted by Gasteiger charge is -2.12. The summed E-state index contributed by atoms with van der Waals surface area (Å²) in [4.78, 5) is 11.6. The lowest BCUT2D eigenvalue weighted by atomic mass is 10.1. The Bertz CT molecular complexity index is 586. The van der Waals surface area contributed by atoms with Crippen molar-refractivity contribution in [2.75, 3.05) is 27.9 Å². The largest absolute Gasteiger partial charge is 0.496 e. The summed E-state index contributed by atoms with van der Waals surface area (Å²) in [6, 6.07) is 5.05. The zero-order valence-corrected chi connectivity index (χ0v) is 12.4. The average molecular weight is 291 g/mol. The third kappa shape index (κ3) is 3.89. The number of ether oxygens (including phenoxy) is 4. The summed E-state index contributed by atoms with van der Waals surface area (Å²) in [7, 11) is 4.48. The van der Waals surface area contributed by atoms with Crippen LogP contribution in [-0.4, -0.2) is 33.9 Å². The topological polar surface area (TPSA) is 77.8 Å². The molecule has 21 heavy (non-hydrogen) atoms. The van der Waals surface area contributed by atoms with Crippen LogP contribution in [0, 0.1) is 11.3 Å². The molecule has 0 heterocycles. The van der Waals surface area contributed by atoms with Gasteiger partial charge >= 0.3 is 5.97 Å². The molecule has 0 aromatic heterocycles. The average Bonchev–Trinajstić information content (AvgIpc) is 2.51. The van der Waals surface area contributed by atoms with Gasteiger partial charge in [0, 0.05) is 11.6 Å². The van der Waals surface area contributed by atoms with E-state index in [1.54, 1.807) is 19.1 Å². The van der Waals surface area contributed by atoms with Crippen LogP contribution in [0.3, 0.4) is 0 Å². The van der Waals surface area contributed by atoms with Gasteiger partial charge in [0.05, 0.1) is 27.9 Å². The van der Waals surface area contributed by atoms with Crippen LogP contribution in [0.15, 0.2) is 17.7 Å². The molecule has 0 aliphatic rings. The van der Waals surface area contributed by atoms with Gasteiger partial charge in [-0.1, -0.05) is 0 Å². The van der Waals surface area contributed by atoms with Crippen molar-refractivity contribution in [3.05, 3.63) is 23.3 Å². The van der Waals surface area contributed by atoms with Gasteiger partial charge in [-0.2, -0.15) is 5.26 Å². The quantitative estimate of drug-likeness (QED) is 0.454. The van der Waals surface area contributed by atoms with E-state index in [2.05, 4.69) is 0 Å². The molecule has 0 bridgehead atoms. The van der Waals surface area contributed by atoms with Crippen LogP contribution in [0.4, 0.5) is 0 Å². The molecule has 0 saturated heterocycles. The molecular formula is C15H17NO5. The highest BCUT2D eigenvalue weighted by atomic mass is 16.5. The van der Waals surface area contributed by atoms with Crippen molar-refractivity contribution >= 4 is 12.0 Å². The molecule has 1 aromatic carbocycles. The third-order valence-corrected chi connectivity index (χ3v) is 2.65. The van der Waals surface area contributed by atoms with Crippen LogP contribution >= 0.6 is 0 Å². The summed E-state index contributed by atoms with van der Waals surface area (Å²) < 4.78 is 20.4. The minimum atomic E-state index is -0.683. The minimum Gasteiger partial charge on any atom is -0.496 e. The second-order valence-corrected chi connectivity index (χ2v) is 3.84. The van der Waals surface area contributed by atoms with Crippen LogP contribution in [0.25, 0.3) is 6.08 Å². The molecule has 112 valence electrons. The first-order valence-corrected chi connectivity index (χ1v) is 6.20. The van der Waals surface area contributed by atoms with Crippen LogP contribution in [0.2, 0.25) is 0 Å². The molecule has 0 atom stereocenters. The smallest absolute Gasteiger partial charge is 0.348 e. The minimum absolute atomic E-state index is 0.123. The Morgan fingerprint density at radius 3 is 2.19 bits per heavy atom. The van der Waals surface area contributed by atoms with Crippen molar-refractivity contribution < 1.29 is 23.7 Å². The van der Waals surface area contributed by atoms with Crippen molar-refractivity contribution in [3.8, 4) is 23.3 Å². The molecular weight excluding hydrogens is 274 g/mol. The van der Waals surface area contributed by atoms with E-state index in [4.69, 9.17) is 24.2 Å². The van der Waals surface area contributed by atoms with Crippen molar-refractivity contribution in [1.29, 1.82) is 5.26 Å². The summed E-state index contributed by atoms with van der Waals surface area (Å²) in [5, 5.41) is 9.06. The molecule has 0 aliphatic heterocycles. The molecule has 6 nitrogen and oxygen atoms in total. The molecule has 0 unspecified atom stereocenters. The molecule has 0 spiro atoms. The highest BCUT2D eigenvalue weighted by molar-refractivity contribution is 5.98. The zero-order chi connectivity index (χ0) is 15.8. The van der Waals surface area contributed by atoms with Gasteiger partial charge in [-0.15, -0.1) is 0 Å². The SMILES string of the molecule is CCOC(=O)/C(C#N)=C\c1cc(OC)c(OC)cc1OC. The van der Waals surface area contributed by atoms with Gasteiger partial charge in [0.15, 0.2) is 11.5 Å². The summed E-state index contributed by atoms with van der Waals surface area (Å²) in [5.41, 5.74) is 0.391. The van der Waals surface area contributed by atoms with Crippen LogP contribution in [-0.2, 0) is 9.53 Å². The number of nitriles is 1. The number of rotatable bonds is 6. The Balaban J connectivity index is 3.34. The van der Waals surface area contributed by atoms with E-state index < -0.39 is 5.97 Å². The van der Waals surface area contributed by atoms with E-state index in [0.717, 1.165) is 0 Å². The Morgan fingerprint density at radius 1 is 1.14 bits per heavy atom. The monoisotopic (exact) mass is 291 g/mol. The first-order chi connectivity index (χ1) is 10.1. The van der Waals surface area contributed by atoms with Crippen LogP contribution < -0.4 is 14.2 Å². The van der Waals surface area contributed by atoms with Gasteiger partial charge in [-0.3, -0.25) is 0 Å². The fourth-order valence-electron chi connectivity index (χ4n) is 1.67. The molecule has 1 aromatic rings. The molecule has 0 amide bonds. The highest BCUT2D eigenvalue weighted by Gasteiger charge is 2.14. The van der Waals surface area contributed by atoms with Crippen molar-refractivity contribution in [3.63, 3.8) is 0 Å². The second kappa shape index (κ2) is 7.80. The van der Waals surface area contributed by atoms with E-state index >= 15 is 0 Å². The van der Waals surface area contributed by atoms with Gasteiger partial charge in [0.2, 0.25) is 0 Å². The van der Waals surface area contributed by atoms with Crippen molar-refractivity contribution in [2.45, 2.75) is 6.92 Å². The Hall–Kier alpha value is -2.68. The molecule has 0 radical (unpaired) electrons. The van der Waals surface area contributed by atoms with Gasteiger partial charge < -0.3 is 18.9 Å². The van der Waals surface area contributed by atoms with E-state index in [0.29, 0.717) is 22.8 Å². The van der Waals surface area contributed by atoms with E-state index in [1.807, 2.05) is 6.07 Å². The van der Waals surface area contributed by atoms with Crippen LogP contribution in [0.5, 0.6) is 17.2 Å². The number of methoxy groups -OCH3 is 3. The number of nitrogens with zero attached hydrogens (tertiary/aromatic N) is 1. The number of hydrogen-bond donors (Lipinski definition) is 0. The number of benzene rings is 1. The summed E-state index contributed by atoms with van der Waals surface area (Å²) in [6.07, 6.45) is 1.39. The lowest BCUT2D eigenvalue weighted by molar-refractivity contribution is -0.137. The maximum absolute atomic E-state index is 11.6. The number of esters is 1. The fraction of sp³-hybridized carbons (Fsp3) is 0.333. The standard InChI is InChI=1S/C15H17NO5/c1-5-21-15(17)11(9-16)6-10-7-13(19-3)14(20-4)8-12(10)18-2/h6-8H,5H2,1-4H3/b11-6-. The summed E-state index contributed by atoms with van der Waals surface area (Å²) in [5.74, 6) is 0.716. The maximum atomic E-state index is 11.6.